The van der Waals surface area contributed by atoms with E-state index in [4.69, 9.17) is 11.5 Å². The average molecular weight is 200 g/mol. The Labute approximate surface area is 84.9 Å². The molecule has 0 aromatic rings. The highest BCUT2D eigenvalue weighted by Gasteiger charge is 2.08. The molecule has 0 aromatic carbocycles. The average Bonchev–Trinajstić information content (AvgIpc) is 1.95. The molecule has 0 radical (unpaired) electrons. The number of carbonyl (C=O) groups is 1. The molecule has 0 aliphatic carbocycles. The van der Waals surface area contributed by atoms with Gasteiger partial charge >= 0.3 is 6.03 Å². The molecule has 5 heteroatoms. The van der Waals surface area contributed by atoms with Crippen LogP contribution in [0, 0.1) is 5.41 Å². The normalized spacial score (nSPS) is 12.6. The van der Waals surface area contributed by atoms with E-state index in [9.17, 15) is 4.79 Å². The van der Waals surface area contributed by atoms with Gasteiger partial charge in [0.1, 0.15) is 0 Å². The van der Waals surface area contributed by atoms with Crippen molar-refractivity contribution in [1.29, 1.82) is 0 Å². The summed E-state index contributed by atoms with van der Waals surface area (Å²) in [4.78, 5) is 14.3. The highest BCUT2D eigenvalue weighted by molar-refractivity contribution is 5.94. The van der Waals surface area contributed by atoms with Gasteiger partial charge in [-0.1, -0.05) is 20.8 Å². The van der Waals surface area contributed by atoms with E-state index >= 15 is 0 Å². The first kappa shape index (κ1) is 12.7. The Hall–Kier alpha value is -1.26. The van der Waals surface area contributed by atoms with Crippen LogP contribution >= 0.6 is 0 Å². The Bertz CT molecular complexity index is 217. The van der Waals surface area contributed by atoms with E-state index < -0.39 is 6.03 Å². The number of rotatable bonds is 3. The highest BCUT2D eigenvalue weighted by Crippen LogP contribution is 2.20. The number of amides is 2. The van der Waals surface area contributed by atoms with Crippen LogP contribution in [0.5, 0.6) is 0 Å². The van der Waals surface area contributed by atoms with Crippen molar-refractivity contribution in [2.75, 3.05) is 6.54 Å². The van der Waals surface area contributed by atoms with Gasteiger partial charge in [-0.25, -0.2) is 4.79 Å². The van der Waals surface area contributed by atoms with Gasteiger partial charge in [0, 0.05) is 6.54 Å². The largest absolute Gasteiger partial charge is 0.370 e. The van der Waals surface area contributed by atoms with Gasteiger partial charge in [0.2, 0.25) is 0 Å². The molecule has 14 heavy (non-hydrogen) atoms. The van der Waals surface area contributed by atoms with Crippen LogP contribution in [-0.2, 0) is 0 Å². The second-order valence-electron chi connectivity index (χ2n) is 4.42. The van der Waals surface area contributed by atoms with Crippen LogP contribution in [-0.4, -0.2) is 18.5 Å². The van der Waals surface area contributed by atoms with Crippen molar-refractivity contribution < 1.29 is 4.79 Å². The van der Waals surface area contributed by atoms with Gasteiger partial charge in [0.05, 0.1) is 0 Å². The van der Waals surface area contributed by atoms with E-state index in [2.05, 4.69) is 31.1 Å². The molecule has 0 saturated heterocycles. The van der Waals surface area contributed by atoms with Crippen molar-refractivity contribution in [3.05, 3.63) is 0 Å². The molecular formula is C9H20N4O. The predicted molar refractivity (Wildman–Crippen MR) is 57.9 cm³/mol. The quantitative estimate of drug-likeness (QED) is 0.357. The van der Waals surface area contributed by atoms with Crippen LogP contribution in [0.1, 0.15) is 33.6 Å². The third kappa shape index (κ3) is 8.83. The minimum atomic E-state index is -0.679. The summed E-state index contributed by atoms with van der Waals surface area (Å²) in [6.07, 6.45) is 2.02. The summed E-state index contributed by atoms with van der Waals surface area (Å²) in [5, 5.41) is 2.21. The first-order chi connectivity index (χ1) is 6.31. The van der Waals surface area contributed by atoms with Crippen LogP contribution in [0.25, 0.3) is 0 Å². The number of guanidine groups is 1. The molecule has 0 unspecified atom stereocenters. The van der Waals surface area contributed by atoms with Crippen molar-refractivity contribution in [2.45, 2.75) is 33.6 Å². The topological polar surface area (TPSA) is 93.5 Å². The first-order valence-electron chi connectivity index (χ1n) is 4.67. The number of primary amides is 1. The molecule has 0 bridgehead atoms. The molecule has 2 amide bonds. The molecule has 5 N–H and O–H groups in total. The number of urea groups is 1. The zero-order chi connectivity index (χ0) is 11.2. The predicted octanol–water partition coefficient (Wildman–Crippen LogP) is 0.796. The van der Waals surface area contributed by atoms with Gasteiger partial charge < -0.3 is 11.5 Å². The third-order valence-corrected chi connectivity index (χ3v) is 1.62. The van der Waals surface area contributed by atoms with Crippen molar-refractivity contribution in [3.8, 4) is 0 Å². The Balaban J connectivity index is 3.66. The van der Waals surface area contributed by atoms with E-state index in [1.165, 1.54) is 0 Å². The van der Waals surface area contributed by atoms with Gasteiger partial charge in [0.25, 0.3) is 0 Å². The number of carbonyl (C=O) groups excluding carboxylic acids is 1. The third-order valence-electron chi connectivity index (χ3n) is 1.62. The number of nitrogens with one attached hydrogen (secondary N) is 1. The standard InChI is InChI=1S/C9H20N4O/c1-9(2,3)5-4-6-12-7(10)13-8(11)14/h4-6H2,1-3H3,(H5,10,11,12,13,14). The minimum absolute atomic E-state index is 0.0893. The Morgan fingerprint density at radius 1 is 1.36 bits per heavy atom. The molecule has 5 nitrogen and oxygen atoms in total. The molecule has 82 valence electrons. The molecule has 0 saturated carbocycles. The zero-order valence-corrected chi connectivity index (χ0v) is 9.13. The summed E-state index contributed by atoms with van der Waals surface area (Å²) in [7, 11) is 0. The van der Waals surface area contributed by atoms with E-state index in [0.29, 0.717) is 12.0 Å². The van der Waals surface area contributed by atoms with Crippen LogP contribution in [0.3, 0.4) is 0 Å². The van der Waals surface area contributed by atoms with Gasteiger partial charge in [-0.2, -0.15) is 0 Å². The number of hydrogen-bond acceptors (Lipinski definition) is 2. The lowest BCUT2D eigenvalue weighted by molar-refractivity contribution is 0.253. The lowest BCUT2D eigenvalue weighted by Gasteiger charge is -2.16. The maximum absolute atomic E-state index is 10.4. The van der Waals surface area contributed by atoms with Crippen molar-refractivity contribution >= 4 is 12.0 Å². The lowest BCUT2D eigenvalue weighted by Crippen LogP contribution is -2.40. The van der Waals surface area contributed by atoms with E-state index in [1.807, 2.05) is 0 Å². The van der Waals surface area contributed by atoms with Crippen LogP contribution in [0.15, 0.2) is 4.99 Å². The number of hydrogen-bond donors (Lipinski definition) is 3. The van der Waals surface area contributed by atoms with Crippen LogP contribution in [0.4, 0.5) is 4.79 Å². The molecule has 0 heterocycles. The smallest absolute Gasteiger partial charge is 0.318 e. The fourth-order valence-corrected chi connectivity index (χ4v) is 0.975. The zero-order valence-electron chi connectivity index (χ0n) is 9.13. The van der Waals surface area contributed by atoms with E-state index in [1.54, 1.807) is 0 Å². The number of nitrogens with zero attached hydrogens (tertiary/aromatic N) is 1. The second kappa shape index (κ2) is 5.47. The summed E-state index contributed by atoms with van der Waals surface area (Å²) in [6.45, 7) is 7.12. The van der Waals surface area contributed by atoms with E-state index in [0.717, 1.165) is 12.8 Å². The summed E-state index contributed by atoms with van der Waals surface area (Å²) in [5.41, 5.74) is 10.5. The lowest BCUT2D eigenvalue weighted by atomic mass is 9.91. The van der Waals surface area contributed by atoms with Crippen LogP contribution in [0.2, 0.25) is 0 Å². The summed E-state index contributed by atoms with van der Waals surface area (Å²) in [5.74, 6) is 0.0893. The number of aliphatic imine (C=N–C) groups is 1. The maximum atomic E-state index is 10.4. The maximum Gasteiger partial charge on any atom is 0.318 e. The molecule has 0 atom stereocenters. The van der Waals surface area contributed by atoms with Gasteiger partial charge in [0.15, 0.2) is 5.96 Å². The van der Waals surface area contributed by atoms with Crippen molar-refractivity contribution in [3.63, 3.8) is 0 Å². The van der Waals surface area contributed by atoms with E-state index in [-0.39, 0.29) is 5.96 Å². The van der Waals surface area contributed by atoms with Crippen molar-refractivity contribution in [1.82, 2.24) is 5.32 Å². The molecule has 0 aliphatic rings. The molecule has 0 fully saturated rings. The van der Waals surface area contributed by atoms with Gasteiger partial charge in [-0.05, 0) is 18.3 Å². The first-order valence-corrected chi connectivity index (χ1v) is 4.67. The fraction of sp³-hybridized carbons (Fsp3) is 0.778. The van der Waals surface area contributed by atoms with Gasteiger partial charge in [-0.3, -0.25) is 10.3 Å². The number of nitrogens with two attached hydrogens (primary N) is 2. The van der Waals surface area contributed by atoms with Gasteiger partial charge in [-0.15, -0.1) is 0 Å². The Morgan fingerprint density at radius 2 is 1.93 bits per heavy atom. The molecular weight excluding hydrogens is 180 g/mol. The molecule has 0 aliphatic heterocycles. The monoisotopic (exact) mass is 200 g/mol. The van der Waals surface area contributed by atoms with Crippen LogP contribution < -0.4 is 16.8 Å². The molecule has 0 rings (SSSR count). The molecule has 0 spiro atoms. The second-order valence-corrected chi connectivity index (χ2v) is 4.42. The summed E-state index contributed by atoms with van der Waals surface area (Å²) < 4.78 is 0. The minimum Gasteiger partial charge on any atom is -0.370 e. The molecule has 0 aromatic heterocycles. The van der Waals surface area contributed by atoms with Crippen molar-refractivity contribution in [2.24, 2.45) is 21.9 Å². The SMILES string of the molecule is CC(C)(C)CCCN=C(N)NC(N)=O. The summed E-state index contributed by atoms with van der Waals surface area (Å²) >= 11 is 0. The summed E-state index contributed by atoms with van der Waals surface area (Å²) in [6, 6.07) is -0.679. The Kier molecular flexibility index (Phi) is 4.97. The highest BCUT2D eigenvalue weighted by atomic mass is 16.2. The fourth-order valence-electron chi connectivity index (χ4n) is 0.975. The Morgan fingerprint density at radius 3 is 2.36 bits per heavy atom.